The summed E-state index contributed by atoms with van der Waals surface area (Å²) in [4.78, 5) is 17.5. The number of imidazole rings is 1. The second kappa shape index (κ2) is 9.43. The van der Waals surface area contributed by atoms with Gasteiger partial charge in [-0.2, -0.15) is 0 Å². The first-order chi connectivity index (χ1) is 16.2. The number of carbonyl (C=O) groups excluding carboxylic acids is 1. The molecular formula is C29H32N2O3. The van der Waals surface area contributed by atoms with Crippen molar-refractivity contribution in [1.82, 2.24) is 9.38 Å². The van der Waals surface area contributed by atoms with E-state index < -0.39 is 11.7 Å². The molecule has 0 unspecified atom stereocenters. The van der Waals surface area contributed by atoms with E-state index in [1.54, 1.807) is 6.07 Å². The predicted molar refractivity (Wildman–Crippen MR) is 135 cm³/mol. The van der Waals surface area contributed by atoms with Crippen molar-refractivity contribution in [3.63, 3.8) is 0 Å². The zero-order valence-corrected chi connectivity index (χ0v) is 20.5. The van der Waals surface area contributed by atoms with Gasteiger partial charge >= 0.3 is 5.97 Å². The standard InChI is InChI=1S/C29H32N2O3/c1-6-9-22-18-31-25(17-12-19(2)27(31)30-22)26(32)21-15-13-20(14-16-21)23-10-7-8-11-24(23)28(33)34-29(3,4)5/h7-8,10-18,26,32H,6,9H2,1-5H3/t26-/m1/s1. The van der Waals surface area contributed by atoms with Gasteiger partial charge in [0, 0.05) is 6.20 Å². The van der Waals surface area contributed by atoms with Gasteiger partial charge in [0.1, 0.15) is 17.4 Å². The van der Waals surface area contributed by atoms with Crippen LogP contribution in [0.1, 0.15) is 73.1 Å². The average Bonchev–Trinajstić information content (AvgIpc) is 3.23. The molecule has 2 aromatic carbocycles. The van der Waals surface area contributed by atoms with Gasteiger partial charge < -0.3 is 14.2 Å². The number of benzene rings is 2. The monoisotopic (exact) mass is 456 g/mol. The highest BCUT2D eigenvalue weighted by atomic mass is 16.6. The quantitative estimate of drug-likeness (QED) is 0.346. The van der Waals surface area contributed by atoms with Crippen LogP contribution in [0.15, 0.2) is 66.9 Å². The molecule has 0 spiro atoms. The van der Waals surface area contributed by atoms with Crippen molar-refractivity contribution in [3.8, 4) is 11.1 Å². The average molecular weight is 457 g/mol. The molecule has 0 saturated carbocycles. The molecule has 176 valence electrons. The number of esters is 1. The van der Waals surface area contributed by atoms with E-state index in [9.17, 15) is 9.90 Å². The molecule has 0 aliphatic heterocycles. The zero-order valence-electron chi connectivity index (χ0n) is 20.5. The van der Waals surface area contributed by atoms with Gasteiger partial charge in [0.05, 0.1) is 17.0 Å². The lowest BCUT2D eigenvalue weighted by molar-refractivity contribution is 0.00704. The zero-order chi connectivity index (χ0) is 24.5. The van der Waals surface area contributed by atoms with Gasteiger partial charge in [-0.25, -0.2) is 9.78 Å². The fourth-order valence-electron chi connectivity index (χ4n) is 4.13. The van der Waals surface area contributed by atoms with Crippen molar-refractivity contribution in [1.29, 1.82) is 0 Å². The predicted octanol–water partition coefficient (Wildman–Crippen LogP) is 6.30. The third kappa shape index (κ3) is 4.90. The molecule has 1 atom stereocenters. The molecule has 2 heterocycles. The molecule has 4 aromatic rings. The Morgan fingerprint density at radius 3 is 2.44 bits per heavy atom. The second-order valence-electron chi connectivity index (χ2n) is 9.69. The fraction of sp³-hybridized carbons (Fsp3) is 0.310. The third-order valence-corrected chi connectivity index (χ3v) is 5.76. The molecule has 0 radical (unpaired) electrons. The van der Waals surface area contributed by atoms with E-state index >= 15 is 0 Å². The summed E-state index contributed by atoms with van der Waals surface area (Å²) in [6, 6.07) is 19.1. The number of hydrogen-bond acceptors (Lipinski definition) is 4. The van der Waals surface area contributed by atoms with Crippen LogP contribution in [-0.2, 0) is 11.2 Å². The molecule has 5 nitrogen and oxygen atoms in total. The minimum Gasteiger partial charge on any atom is -0.456 e. The first kappa shape index (κ1) is 23.7. The summed E-state index contributed by atoms with van der Waals surface area (Å²) in [5.41, 5.74) is 6.17. The topological polar surface area (TPSA) is 63.8 Å². The summed E-state index contributed by atoms with van der Waals surface area (Å²) in [6.45, 7) is 9.74. The van der Waals surface area contributed by atoms with Crippen LogP contribution in [0.5, 0.6) is 0 Å². The maximum atomic E-state index is 12.7. The van der Waals surface area contributed by atoms with Crippen LogP contribution in [0.4, 0.5) is 0 Å². The van der Waals surface area contributed by atoms with Gasteiger partial charge in [0.25, 0.3) is 0 Å². The van der Waals surface area contributed by atoms with Gasteiger partial charge in [0.2, 0.25) is 0 Å². The van der Waals surface area contributed by atoms with Crippen LogP contribution in [-0.4, -0.2) is 26.1 Å². The number of carbonyl (C=O) groups is 1. The summed E-state index contributed by atoms with van der Waals surface area (Å²) in [7, 11) is 0. The normalized spacial score (nSPS) is 12.6. The maximum Gasteiger partial charge on any atom is 0.339 e. The summed E-state index contributed by atoms with van der Waals surface area (Å²) < 4.78 is 7.58. The number of pyridine rings is 1. The minimum absolute atomic E-state index is 0.350. The highest BCUT2D eigenvalue weighted by Crippen LogP contribution is 2.30. The van der Waals surface area contributed by atoms with Crippen LogP contribution >= 0.6 is 0 Å². The van der Waals surface area contributed by atoms with E-state index in [-0.39, 0.29) is 5.97 Å². The third-order valence-electron chi connectivity index (χ3n) is 5.76. The van der Waals surface area contributed by atoms with Crippen molar-refractivity contribution < 1.29 is 14.6 Å². The molecule has 1 N–H and O–H groups in total. The molecule has 0 aliphatic carbocycles. The van der Waals surface area contributed by atoms with E-state index in [1.165, 1.54) is 0 Å². The Kier molecular flexibility index (Phi) is 6.58. The second-order valence-corrected chi connectivity index (χ2v) is 9.69. The number of ether oxygens (including phenoxy) is 1. The van der Waals surface area contributed by atoms with E-state index in [0.29, 0.717) is 5.56 Å². The molecule has 5 heteroatoms. The van der Waals surface area contributed by atoms with Crippen molar-refractivity contribution in [3.05, 3.63) is 94.9 Å². The van der Waals surface area contributed by atoms with Crippen molar-refractivity contribution in [2.24, 2.45) is 0 Å². The summed E-state index contributed by atoms with van der Waals surface area (Å²) >= 11 is 0. The molecule has 0 fully saturated rings. The van der Waals surface area contributed by atoms with Crippen LogP contribution < -0.4 is 0 Å². The number of aliphatic hydroxyl groups is 1. The number of aliphatic hydroxyl groups excluding tert-OH is 1. The minimum atomic E-state index is -0.804. The van der Waals surface area contributed by atoms with Gasteiger partial charge in [-0.05, 0) is 68.5 Å². The van der Waals surface area contributed by atoms with Crippen molar-refractivity contribution >= 4 is 11.6 Å². The van der Waals surface area contributed by atoms with Crippen molar-refractivity contribution in [2.45, 2.75) is 59.2 Å². The molecule has 34 heavy (non-hydrogen) atoms. The van der Waals surface area contributed by atoms with E-state index in [4.69, 9.17) is 9.72 Å². The van der Waals surface area contributed by atoms with E-state index in [0.717, 1.165) is 52.1 Å². The molecule has 4 rings (SSSR count). The Hall–Kier alpha value is -3.44. The van der Waals surface area contributed by atoms with Crippen molar-refractivity contribution in [2.75, 3.05) is 0 Å². The Balaban J connectivity index is 1.66. The van der Waals surface area contributed by atoms with Gasteiger partial charge in [-0.15, -0.1) is 0 Å². The van der Waals surface area contributed by atoms with Gasteiger partial charge in [-0.3, -0.25) is 0 Å². The molecule has 0 saturated heterocycles. The van der Waals surface area contributed by atoms with Crippen LogP contribution in [0.2, 0.25) is 0 Å². The van der Waals surface area contributed by atoms with Crippen LogP contribution in [0.3, 0.4) is 0 Å². The van der Waals surface area contributed by atoms with Crippen LogP contribution in [0.25, 0.3) is 16.8 Å². The fourth-order valence-corrected chi connectivity index (χ4v) is 4.13. The Morgan fingerprint density at radius 2 is 1.76 bits per heavy atom. The number of rotatable bonds is 6. The summed E-state index contributed by atoms with van der Waals surface area (Å²) in [5, 5.41) is 11.2. The smallest absolute Gasteiger partial charge is 0.339 e. The molecule has 2 aromatic heterocycles. The van der Waals surface area contributed by atoms with Gasteiger partial charge in [0.15, 0.2) is 0 Å². The van der Waals surface area contributed by atoms with E-state index in [2.05, 4.69) is 6.92 Å². The first-order valence-electron chi connectivity index (χ1n) is 11.8. The highest BCUT2D eigenvalue weighted by Gasteiger charge is 2.21. The lowest BCUT2D eigenvalue weighted by Gasteiger charge is -2.20. The largest absolute Gasteiger partial charge is 0.456 e. The number of fused-ring (bicyclic) bond motifs is 1. The lowest BCUT2D eigenvalue weighted by atomic mass is 9.96. The SMILES string of the molecule is CCCc1cn2c([C@H](O)c3ccc(-c4ccccc4C(=O)OC(C)(C)C)cc3)ccc(C)c2n1. The molecule has 0 aliphatic rings. The summed E-state index contributed by atoms with van der Waals surface area (Å²) in [6.07, 6.45) is 3.15. The molecule has 0 bridgehead atoms. The van der Waals surface area contributed by atoms with Gasteiger partial charge in [-0.1, -0.05) is 61.9 Å². The lowest BCUT2D eigenvalue weighted by Crippen LogP contribution is -2.24. The number of nitrogens with zero attached hydrogens (tertiary/aromatic N) is 2. The first-order valence-corrected chi connectivity index (χ1v) is 11.8. The molecular weight excluding hydrogens is 424 g/mol. The Bertz CT molecular complexity index is 1310. The summed E-state index contributed by atoms with van der Waals surface area (Å²) in [5.74, 6) is -0.350. The Morgan fingerprint density at radius 1 is 1.06 bits per heavy atom. The number of hydrogen-bond donors (Lipinski definition) is 1. The highest BCUT2D eigenvalue weighted by molar-refractivity contribution is 5.97. The van der Waals surface area contributed by atoms with Crippen LogP contribution in [0, 0.1) is 6.92 Å². The molecule has 0 amide bonds. The number of aromatic nitrogens is 2. The maximum absolute atomic E-state index is 12.7. The Labute approximate surface area is 201 Å². The van der Waals surface area contributed by atoms with E-state index in [1.807, 2.05) is 92.9 Å². The number of aryl methyl sites for hydroxylation is 2.